The lowest BCUT2D eigenvalue weighted by Gasteiger charge is -2.16. The summed E-state index contributed by atoms with van der Waals surface area (Å²) in [7, 11) is 1.61. The maximum absolute atomic E-state index is 13.8. The molecule has 0 saturated heterocycles. The van der Waals surface area contributed by atoms with Gasteiger partial charge in [0.25, 0.3) is 11.8 Å². The Bertz CT molecular complexity index is 1150. The molecule has 28 heavy (non-hydrogen) atoms. The van der Waals surface area contributed by atoms with Gasteiger partial charge in [0.2, 0.25) is 0 Å². The highest BCUT2D eigenvalue weighted by molar-refractivity contribution is 6.31. The van der Waals surface area contributed by atoms with Crippen LogP contribution in [0.2, 0.25) is 5.02 Å². The van der Waals surface area contributed by atoms with Gasteiger partial charge in [-0.1, -0.05) is 28.9 Å². The van der Waals surface area contributed by atoms with Gasteiger partial charge in [0, 0.05) is 35.9 Å². The minimum atomic E-state index is -0.542. The lowest BCUT2D eigenvalue weighted by Crippen LogP contribution is -2.29. The van der Waals surface area contributed by atoms with E-state index in [1.54, 1.807) is 25.2 Å². The van der Waals surface area contributed by atoms with Crippen molar-refractivity contribution >= 4 is 28.4 Å². The second-order valence-corrected chi connectivity index (χ2v) is 6.82. The molecular formula is C20H16ClFN4O2. The minimum Gasteiger partial charge on any atom is -0.351 e. The van der Waals surface area contributed by atoms with Crippen molar-refractivity contribution in [1.29, 1.82) is 0 Å². The molecule has 1 amide bonds. The molecule has 0 unspecified atom stereocenters. The Morgan fingerprint density at radius 3 is 2.89 bits per heavy atom. The number of nitrogens with one attached hydrogen (secondary N) is 1. The lowest BCUT2D eigenvalue weighted by atomic mass is 10.2. The highest BCUT2D eigenvalue weighted by atomic mass is 35.5. The summed E-state index contributed by atoms with van der Waals surface area (Å²) in [5.41, 5.74) is 1.64. The molecule has 2 aromatic heterocycles. The van der Waals surface area contributed by atoms with Gasteiger partial charge in [-0.25, -0.2) is 4.39 Å². The van der Waals surface area contributed by atoms with Crippen LogP contribution in [0.15, 0.2) is 53.1 Å². The van der Waals surface area contributed by atoms with Crippen LogP contribution in [0.5, 0.6) is 0 Å². The largest absolute Gasteiger partial charge is 0.351 e. The van der Waals surface area contributed by atoms with Crippen LogP contribution in [-0.4, -0.2) is 39.5 Å². The normalized spacial score (nSPS) is 11.1. The first-order valence-corrected chi connectivity index (χ1v) is 9.00. The molecular weight excluding hydrogens is 383 g/mol. The number of carbonyl (C=O) groups excluding carboxylic acids is 1. The summed E-state index contributed by atoms with van der Waals surface area (Å²) < 4.78 is 19.1. The number of hydrogen-bond acceptors (Lipinski definition) is 4. The number of nitrogens with zero attached hydrogens (tertiary/aromatic N) is 3. The van der Waals surface area contributed by atoms with Crippen LogP contribution in [0, 0.1) is 5.82 Å². The molecule has 2 aromatic carbocycles. The van der Waals surface area contributed by atoms with Gasteiger partial charge in [0.1, 0.15) is 11.5 Å². The Morgan fingerprint density at radius 1 is 1.25 bits per heavy atom. The molecule has 6 nitrogen and oxygen atoms in total. The summed E-state index contributed by atoms with van der Waals surface area (Å²) in [5.74, 6) is -0.125. The summed E-state index contributed by atoms with van der Waals surface area (Å²) in [4.78, 5) is 21.3. The smallest absolute Gasteiger partial charge is 0.274 e. The Labute approximate surface area is 164 Å². The number of carbonyl (C=O) groups is 1. The molecule has 0 aliphatic rings. The fraction of sp³-hybridized carbons (Fsp3) is 0.150. The number of fused-ring (bicyclic) bond motifs is 1. The van der Waals surface area contributed by atoms with Gasteiger partial charge in [-0.3, -0.25) is 4.79 Å². The number of likely N-dealkylation sites (N-methyl/N-ethyl adjacent to an activating group) is 1. The fourth-order valence-corrected chi connectivity index (χ4v) is 3.07. The first-order valence-electron chi connectivity index (χ1n) is 8.62. The molecule has 0 aliphatic heterocycles. The lowest BCUT2D eigenvalue weighted by molar-refractivity contribution is 0.0791. The van der Waals surface area contributed by atoms with Crippen LogP contribution in [0.1, 0.15) is 16.2 Å². The Hall–Kier alpha value is -3.19. The molecule has 2 heterocycles. The Balaban J connectivity index is 1.44. The first-order chi connectivity index (χ1) is 13.5. The van der Waals surface area contributed by atoms with E-state index in [-0.39, 0.29) is 5.56 Å². The number of hydrogen-bond donors (Lipinski definition) is 1. The van der Waals surface area contributed by atoms with Gasteiger partial charge >= 0.3 is 0 Å². The van der Waals surface area contributed by atoms with E-state index in [0.717, 1.165) is 10.9 Å². The van der Waals surface area contributed by atoms with Crippen molar-refractivity contribution in [2.45, 2.75) is 6.42 Å². The van der Waals surface area contributed by atoms with Crippen LogP contribution in [0.3, 0.4) is 0 Å². The van der Waals surface area contributed by atoms with E-state index in [1.807, 2.05) is 18.2 Å². The summed E-state index contributed by atoms with van der Waals surface area (Å²) in [6.45, 7) is 0.328. The van der Waals surface area contributed by atoms with Crippen LogP contribution < -0.4 is 0 Å². The van der Waals surface area contributed by atoms with Gasteiger partial charge in [0.15, 0.2) is 5.82 Å². The van der Waals surface area contributed by atoms with Crippen molar-refractivity contribution in [3.8, 4) is 11.6 Å². The van der Waals surface area contributed by atoms with Gasteiger partial charge in [-0.15, -0.1) is 0 Å². The topological polar surface area (TPSA) is 75.0 Å². The average molecular weight is 399 g/mol. The zero-order valence-electron chi connectivity index (χ0n) is 14.9. The van der Waals surface area contributed by atoms with Crippen molar-refractivity contribution < 1.29 is 13.7 Å². The summed E-state index contributed by atoms with van der Waals surface area (Å²) in [5, 5.41) is 5.54. The number of rotatable bonds is 5. The van der Waals surface area contributed by atoms with E-state index in [4.69, 9.17) is 16.1 Å². The number of halogens is 2. The van der Waals surface area contributed by atoms with E-state index in [0.29, 0.717) is 35.4 Å². The highest BCUT2D eigenvalue weighted by Gasteiger charge is 2.17. The van der Waals surface area contributed by atoms with Crippen molar-refractivity contribution in [2.24, 2.45) is 0 Å². The molecule has 0 saturated carbocycles. The summed E-state index contributed by atoms with van der Waals surface area (Å²) >= 11 is 6.01. The molecule has 0 bridgehead atoms. The van der Waals surface area contributed by atoms with Crippen molar-refractivity contribution in [3.05, 3.63) is 70.8 Å². The fourth-order valence-electron chi connectivity index (χ4n) is 2.89. The van der Waals surface area contributed by atoms with Crippen LogP contribution in [-0.2, 0) is 6.42 Å². The van der Waals surface area contributed by atoms with E-state index in [9.17, 15) is 9.18 Å². The Kier molecular flexibility index (Phi) is 4.83. The standard InChI is InChI=1S/C20H16ClFN4O2/c1-26(20(27)14-4-2-3-5-15(14)22)9-8-18-24-19(28-25-18)17-11-12-10-13(21)6-7-16(12)23-17/h2-7,10-11,23H,8-9H2,1H3. The molecule has 0 fully saturated rings. The number of amides is 1. The maximum Gasteiger partial charge on any atom is 0.274 e. The monoisotopic (exact) mass is 398 g/mol. The van der Waals surface area contributed by atoms with Gasteiger partial charge < -0.3 is 14.4 Å². The van der Waals surface area contributed by atoms with Crippen molar-refractivity contribution in [2.75, 3.05) is 13.6 Å². The number of H-pyrrole nitrogens is 1. The highest BCUT2D eigenvalue weighted by Crippen LogP contribution is 2.25. The van der Waals surface area contributed by atoms with Crippen molar-refractivity contribution in [3.63, 3.8) is 0 Å². The molecule has 1 N–H and O–H groups in total. The zero-order chi connectivity index (χ0) is 19.7. The van der Waals surface area contributed by atoms with Gasteiger partial charge in [-0.05, 0) is 36.4 Å². The van der Waals surface area contributed by atoms with Crippen LogP contribution >= 0.6 is 11.6 Å². The van der Waals surface area contributed by atoms with E-state index >= 15 is 0 Å². The molecule has 142 valence electrons. The van der Waals surface area contributed by atoms with Gasteiger partial charge in [0.05, 0.1) is 5.56 Å². The molecule has 0 spiro atoms. The quantitative estimate of drug-likeness (QED) is 0.543. The van der Waals surface area contributed by atoms with E-state index < -0.39 is 11.7 Å². The van der Waals surface area contributed by atoms with Crippen molar-refractivity contribution in [1.82, 2.24) is 20.0 Å². The third-order valence-electron chi connectivity index (χ3n) is 4.40. The third kappa shape index (κ3) is 3.61. The number of aromatic nitrogens is 3. The molecule has 0 atom stereocenters. The zero-order valence-corrected chi connectivity index (χ0v) is 15.7. The Morgan fingerprint density at radius 2 is 2.07 bits per heavy atom. The summed E-state index contributed by atoms with van der Waals surface area (Å²) in [6, 6.07) is 13.3. The second-order valence-electron chi connectivity index (χ2n) is 6.39. The second kappa shape index (κ2) is 7.44. The molecule has 0 radical (unpaired) electrons. The SMILES string of the molecule is CN(CCc1noc(-c2cc3cc(Cl)ccc3[nH]2)n1)C(=O)c1ccccc1F. The molecule has 0 aliphatic carbocycles. The third-order valence-corrected chi connectivity index (χ3v) is 4.64. The molecule has 4 aromatic rings. The maximum atomic E-state index is 13.8. The first kappa shape index (κ1) is 18.2. The predicted molar refractivity (Wildman–Crippen MR) is 104 cm³/mol. The van der Waals surface area contributed by atoms with Crippen LogP contribution in [0.4, 0.5) is 4.39 Å². The molecule has 8 heteroatoms. The van der Waals surface area contributed by atoms with Crippen LogP contribution in [0.25, 0.3) is 22.5 Å². The summed E-state index contributed by atoms with van der Waals surface area (Å²) in [6.07, 6.45) is 0.381. The van der Waals surface area contributed by atoms with E-state index in [2.05, 4.69) is 15.1 Å². The average Bonchev–Trinajstić information content (AvgIpc) is 3.32. The van der Waals surface area contributed by atoms with Gasteiger partial charge in [-0.2, -0.15) is 4.98 Å². The van der Waals surface area contributed by atoms with E-state index in [1.165, 1.54) is 17.0 Å². The molecule has 4 rings (SSSR count). The predicted octanol–water partition coefficient (Wildman–Crippen LogP) is 4.33. The number of benzene rings is 2. The minimum absolute atomic E-state index is 0.0375. The number of aromatic amines is 1.